The van der Waals surface area contributed by atoms with Gasteiger partial charge in [0, 0.05) is 12.6 Å². The smallest absolute Gasteiger partial charge is 0.309 e. The minimum atomic E-state index is -0.463. The molecule has 2 fully saturated rings. The summed E-state index contributed by atoms with van der Waals surface area (Å²) in [7, 11) is 2.12. The van der Waals surface area contributed by atoms with Crippen LogP contribution >= 0.6 is 0 Å². The first-order valence-corrected chi connectivity index (χ1v) is 7.92. The zero-order valence-corrected chi connectivity index (χ0v) is 12.5. The molecule has 0 radical (unpaired) electrons. The highest BCUT2D eigenvalue weighted by atomic mass is 16.2. The van der Waals surface area contributed by atoms with Crippen molar-refractivity contribution in [2.45, 2.75) is 51.0 Å². The Bertz CT molecular complexity index is 332. The number of carbonyl (C=O) groups is 2. The first-order chi connectivity index (χ1) is 9.65. The van der Waals surface area contributed by atoms with E-state index in [9.17, 15) is 9.59 Å². The maximum Gasteiger partial charge on any atom is 0.309 e. The summed E-state index contributed by atoms with van der Waals surface area (Å²) in [6.07, 6.45) is 7.77. The van der Waals surface area contributed by atoms with E-state index in [-0.39, 0.29) is 6.04 Å². The molecule has 5 nitrogen and oxygen atoms in total. The number of hydrogen-bond donors (Lipinski definition) is 2. The third-order valence-electron chi connectivity index (χ3n) is 4.54. The lowest BCUT2D eigenvalue weighted by Crippen LogP contribution is -2.46. The zero-order chi connectivity index (χ0) is 14.4. The average Bonchev–Trinajstić information content (AvgIpc) is 2.47. The summed E-state index contributed by atoms with van der Waals surface area (Å²) in [5, 5.41) is 5.64. The molecule has 0 bridgehead atoms. The molecular weight excluding hydrogens is 254 g/mol. The summed E-state index contributed by atoms with van der Waals surface area (Å²) in [5.41, 5.74) is 0. The van der Waals surface area contributed by atoms with Crippen LogP contribution in [0.5, 0.6) is 0 Å². The number of carbonyl (C=O) groups excluding carboxylic acids is 2. The Balaban J connectivity index is 1.64. The van der Waals surface area contributed by atoms with E-state index >= 15 is 0 Å². The number of nitrogens with one attached hydrogen (secondary N) is 2. The van der Waals surface area contributed by atoms with E-state index in [2.05, 4.69) is 22.6 Å². The molecule has 1 aliphatic carbocycles. The van der Waals surface area contributed by atoms with Crippen molar-refractivity contribution >= 4 is 11.8 Å². The van der Waals surface area contributed by atoms with Crippen molar-refractivity contribution in [2.75, 3.05) is 26.7 Å². The molecule has 1 heterocycles. The fraction of sp³-hybridized carbons (Fsp3) is 0.867. The van der Waals surface area contributed by atoms with Gasteiger partial charge in [-0.3, -0.25) is 9.59 Å². The molecule has 2 N–H and O–H groups in total. The second-order valence-corrected chi connectivity index (χ2v) is 6.27. The van der Waals surface area contributed by atoms with Crippen molar-refractivity contribution in [3.8, 4) is 0 Å². The van der Waals surface area contributed by atoms with Crippen LogP contribution < -0.4 is 10.6 Å². The lowest BCUT2D eigenvalue weighted by atomic mass is 9.95. The molecular formula is C15H27N3O2. The molecule has 0 spiro atoms. The van der Waals surface area contributed by atoms with Gasteiger partial charge in [0.05, 0.1) is 0 Å². The van der Waals surface area contributed by atoms with Crippen LogP contribution in [0.3, 0.4) is 0 Å². The van der Waals surface area contributed by atoms with Gasteiger partial charge in [-0.05, 0) is 51.7 Å². The summed E-state index contributed by atoms with van der Waals surface area (Å²) in [6.45, 7) is 2.79. The average molecular weight is 281 g/mol. The van der Waals surface area contributed by atoms with E-state index in [1.54, 1.807) is 0 Å². The van der Waals surface area contributed by atoms with E-state index in [1.165, 1.54) is 6.42 Å². The number of likely N-dealkylation sites (tertiary alicyclic amines) is 1. The van der Waals surface area contributed by atoms with Gasteiger partial charge in [0.1, 0.15) is 0 Å². The molecule has 2 amide bonds. The predicted molar refractivity (Wildman–Crippen MR) is 78.2 cm³/mol. The fourth-order valence-corrected chi connectivity index (χ4v) is 3.08. The van der Waals surface area contributed by atoms with Crippen LogP contribution in [-0.2, 0) is 9.59 Å². The van der Waals surface area contributed by atoms with E-state index in [0.29, 0.717) is 12.5 Å². The topological polar surface area (TPSA) is 61.4 Å². The summed E-state index contributed by atoms with van der Waals surface area (Å²) in [5.74, 6) is -0.406. The number of hydrogen-bond acceptors (Lipinski definition) is 3. The molecule has 0 aromatic heterocycles. The van der Waals surface area contributed by atoms with Crippen LogP contribution in [-0.4, -0.2) is 49.4 Å². The van der Waals surface area contributed by atoms with Gasteiger partial charge in [-0.1, -0.05) is 19.3 Å². The molecule has 20 heavy (non-hydrogen) atoms. The Morgan fingerprint density at radius 3 is 2.30 bits per heavy atom. The highest BCUT2D eigenvalue weighted by Gasteiger charge is 2.22. The predicted octanol–water partition coefficient (Wildman–Crippen LogP) is 0.893. The van der Waals surface area contributed by atoms with Crippen LogP contribution in [0, 0.1) is 5.92 Å². The maximum atomic E-state index is 11.8. The third-order valence-corrected chi connectivity index (χ3v) is 4.54. The van der Waals surface area contributed by atoms with Crippen LogP contribution in [0.25, 0.3) is 0 Å². The van der Waals surface area contributed by atoms with Gasteiger partial charge in [0.2, 0.25) is 0 Å². The second kappa shape index (κ2) is 7.62. The molecule has 114 valence electrons. The maximum absolute atomic E-state index is 11.8. The molecule has 0 unspecified atom stereocenters. The standard InChI is InChI=1S/C15H27N3O2/c1-18-9-7-12(8-10-18)11-16-14(19)15(20)17-13-5-3-2-4-6-13/h12-13H,2-11H2,1H3,(H,16,19)(H,17,20). The van der Waals surface area contributed by atoms with Crippen LogP contribution in [0.1, 0.15) is 44.9 Å². The van der Waals surface area contributed by atoms with E-state index < -0.39 is 11.8 Å². The Morgan fingerprint density at radius 2 is 1.65 bits per heavy atom. The SMILES string of the molecule is CN1CCC(CNC(=O)C(=O)NC2CCCCC2)CC1. The molecule has 2 aliphatic rings. The largest absolute Gasteiger partial charge is 0.348 e. The molecule has 0 aromatic carbocycles. The second-order valence-electron chi connectivity index (χ2n) is 6.27. The quantitative estimate of drug-likeness (QED) is 0.755. The van der Waals surface area contributed by atoms with Gasteiger partial charge in [-0.15, -0.1) is 0 Å². The van der Waals surface area contributed by atoms with Crippen LogP contribution in [0.2, 0.25) is 0 Å². The summed E-state index contributed by atoms with van der Waals surface area (Å²) in [4.78, 5) is 25.9. The van der Waals surface area contributed by atoms with Crippen LogP contribution in [0.15, 0.2) is 0 Å². The van der Waals surface area contributed by atoms with Gasteiger partial charge < -0.3 is 15.5 Å². The molecule has 0 atom stereocenters. The summed E-state index contributed by atoms with van der Waals surface area (Å²) in [6, 6.07) is 0.199. The Labute approximate surface area is 121 Å². The number of nitrogens with zero attached hydrogens (tertiary/aromatic N) is 1. The fourth-order valence-electron chi connectivity index (χ4n) is 3.08. The lowest BCUT2D eigenvalue weighted by Gasteiger charge is -2.29. The van der Waals surface area contributed by atoms with E-state index in [0.717, 1.165) is 51.6 Å². The highest BCUT2D eigenvalue weighted by molar-refractivity contribution is 6.35. The first-order valence-electron chi connectivity index (χ1n) is 7.92. The molecule has 1 saturated carbocycles. The first kappa shape index (κ1) is 15.3. The van der Waals surface area contributed by atoms with Crippen molar-refractivity contribution in [2.24, 2.45) is 5.92 Å². The number of rotatable bonds is 3. The van der Waals surface area contributed by atoms with E-state index in [4.69, 9.17) is 0 Å². The minimum absolute atomic E-state index is 0.199. The van der Waals surface area contributed by atoms with Gasteiger partial charge >= 0.3 is 11.8 Å². The number of amides is 2. The Kier molecular flexibility index (Phi) is 5.83. The van der Waals surface area contributed by atoms with Crippen molar-refractivity contribution in [3.05, 3.63) is 0 Å². The van der Waals surface area contributed by atoms with Gasteiger partial charge in [0.15, 0.2) is 0 Å². The molecule has 0 aromatic rings. The lowest BCUT2D eigenvalue weighted by molar-refractivity contribution is -0.139. The third kappa shape index (κ3) is 4.78. The van der Waals surface area contributed by atoms with Crippen molar-refractivity contribution in [1.82, 2.24) is 15.5 Å². The Morgan fingerprint density at radius 1 is 1.00 bits per heavy atom. The van der Waals surface area contributed by atoms with Gasteiger partial charge in [-0.2, -0.15) is 0 Å². The summed E-state index contributed by atoms with van der Waals surface area (Å²) < 4.78 is 0. The van der Waals surface area contributed by atoms with Gasteiger partial charge in [0.25, 0.3) is 0 Å². The molecule has 1 saturated heterocycles. The molecule has 5 heteroatoms. The van der Waals surface area contributed by atoms with E-state index in [1.807, 2.05) is 0 Å². The monoisotopic (exact) mass is 281 g/mol. The minimum Gasteiger partial charge on any atom is -0.348 e. The van der Waals surface area contributed by atoms with Crippen molar-refractivity contribution < 1.29 is 9.59 Å². The van der Waals surface area contributed by atoms with Crippen molar-refractivity contribution in [3.63, 3.8) is 0 Å². The van der Waals surface area contributed by atoms with Gasteiger partial charge in [-0.25, -0.2) is 0 Å². The van der Waals surface area contributed by atoms with Crippen LogP contribution in [0.4, 0.5) is 0 Å². The zero-order valence-electron chi connectivity index (χ0n) is 12.5. The Hall–Kier alpha value is -1.10. The molecule has 1 aliphatic heterocycles. The van der Waals surface area contributed by atoms with Crippen molar-refractivity contribution in [1.29, 1.82) is 0 Å². The molecule has 2 rings (SSSR count). The number of piperidine rings is 1. The highest BCUT2D eigenvalue weighted by Crippen LogP contribution is 2.17. The summed E-state index contributed by atoms with van der Waals surface area (Å²) >= 11 is 0. The normalized spacial score (nSPS) is 22.4.